The summed E-state index contributed by atoms with van der Waals surface area (Å²) in [6.07, 6.45) is 2.39. The van der Waals surface area contributed by atoms with Crippen LogP contribution in [0.5, 0.6) is 0 Å². The Hall–Kier alpha value is -0.830. The van der Waals surface area contributed by atoms with Crippen molar-refractivity contribution in [1.82, 2.24) is 10.2 Å². The van der Waals surface area contributed by atoms with Crippen molar-refractivity contribution in [2.75, 3.05) is 19.6 Å². The molecule has 2 rings (SSSR count). The molecule has 1 heterocycles. The number of hydrogen-bond donors (Lipinski definition) is 1. The van der Waals surface area contributed by atoms with Crippen molar-refractivity contribution >= 4 is 5.91 Å². The van der Waals surface area contributed by atoms with Crippen LogP contribution in [-0.2, 0) is 4.79 Å². The van der Waals surface area contributed by atoms with Crippen LogP contribution in [0, 0.1) is 0 Å². The summed E-state index contributed by atoms with van der Waals surface area (Å²) in [5.41, 5.74) is 2.26. The maximum Gasteiger partial charge on any atom is 0.249 e. The van der Waals surface area contributed by atoms with E-state index in [1.54, 1.807) is 0 Å². The Morgan fingerprint density at radius 3 is 2.50 bits per heavy atom. The van der Waals surface area contributed by atoms with Gasteiger partial charge in [0, 0.05) is 31.2 Å². The van der Waals surface area contributed by atoms with Crippen molar-refractivity contribution in [1.29, 1.82) is 0 Å². The maximum atomic E-state index is 12.0. The molecule has 2 aliphatic rings. The van der Waals surface area contributed by atoms with E-state index in [-0.39, 0.29) is 5.91 Å². The monoisotopic (exact) mass is 194 g/mol. The van der Waals surface area contributed by atoms with Crippen LogP contribution < -0.4 is 5.32 Å². The summed E-state index contributed by atoms with van der Waals surface area (Å²) in [6.45, 7) is 6.68. The first-order chi connectivity index (χ1) is 6.74. The van der Waals surface area contributed by atoms with Gasteiger partial charge in [-0.1, -0.05) is 0 Å². The molecule has 1 saturated heterocycles. The molecule has 1 saturated carbocycles. The summed E-state index contributed by atoms with van der Waals surface area (Å²) >= 11 is 0. The van der Waals surface area contributed by atoms with E-state index in [1.807, 2.05) is 11.8 Å². The van der Waals surface area contributed by atoms with E-state index in [0.717, 1.165) is 25.2 Å². The van der Waals surface area contributed by atoms with Gasteiger partial charge in [-0.05, 0) is 32.3 Å². The Morgan fingerprint density at radius 2 is 2.14 bits per heavy atom. The van der Waals surface area contributed by atoms with Gasteiger partial charge >= 0.3 is 0 Å². The Bertz CT molecular complexity index is 273. The molecule has 0 spiro atoms. The number of rotatable bonds is 3. The third-order valence-electron chi connectivity index (χ3n) is 3.12. The highest BCUT2D eigenvalue weighted by Crippen LogP contribution is 2.28. The molecule has 14 heavy (non-hydrogen) atoms. The largest absolute Gasteiger partial charge is 0.336 e. The van der Waals surface area contributed by atoms with Crippen molar-refractivity contribution in [3.05, 3.63) is 11.1 Å². The highest BCUT2D eigenvalue weighted by molar-refractivity contribution is 5.94. The number of nitrogens with one attached hydrogen (secondary N) is 1. The Labute approximate surface area is 85.2 Å². The van der Waals surface area contributed by atoms with Crippen molar-refractivity contribution < 1.29 is 4.79 Å². The molecule has 1 amide bonds. The van der Waals surface area contributed by atoms with Crippen LogP contribution in [0.4, 0.5) is 0 Å². The second-order valence-corrected chi connectivity index (χ2v) is 4.15. The van der Waals surface area contributed by atoms with Crippen LogP contribution in [0.2, 0.25) is 0 Å². The predicted octanol–water partition coefficient (Wildman–Crippen LogP) is 0.917. The second-order valence-electron chi connectivity index (χ2n) is 4.15. The topological polar surface area (TPSA) is 32.3 Å². The number of carbonyl (C=O) groups is 1. The van der Waals surface area contributed by atoms with E-state index in [9.17, 15) is 4.79 Å². The zero-order valence-corrected chi connectivity index (χ0v) is 8.97. The lowest BCUT2D eigenvalue weighted by Gasteiger charge is -2.26. The molecule has 78 valence electrons. The summed E-state index contributed by atoms with van der Waals surface area (Å²) in [6, 6.07) is 0.538. The zero-order chi connectivity index (χ0) is 10.1. The second kappa shape index (κ2) is 3.73. The van der Waals surface area contributed by atoms with Crippen LogP contribution in [-0.4, -0.2) is 36.5 Å². The molecule has 1 aliphatic heterocycles. The van der Waals surface area contributed by atoms with Crippen LogP contribution in [0.15, 0.2) is 11.1 Å². The fraction of sp³-hybridized carbons (Fsp3) is 0.727. The zero-order valence-electron chi connectivity index (χ0n) is 8.97. The quantitative estimate of drug-likeness (QED) is 0.677. The minimum Gasteiger partial charge on any atom is -0.336 e. The van der Waals surface area contributed by atoms with E-state index in [0.29, 0.717) is 6.04 Å². The summed E-state index contributed by atoms with van der Waals surface area (Å²) in [5, 5.41) is 3.17. The first-order valence-corrected chi connectivity index (χ1v) is 5.44. The van der Waals surface area contributed by atoms with Gasteiger partial charge in [0.05, 0.1) is 0 Å². The number of likely N-dealkylation sites (N-methyl/N-ethyl adjacent to an activating group) is 1. The lowest BCUT2D eigenvalue weighted by Crippen LogP contribution is -2.39. The summed E-state index contributed by atoms with van der Waals surface area (Å²) in [5.74, 6) is 0.256. The number of nitrogens with zero attached hydrogens (tertiary/aromatic N) is 1. The standard InChI is InChI=1S/C11H18N2O/c1-3-13(10-4-5-10)11(14)8(2)9-6-12-7-9/h10,12H,3-7H2,1-2H3. The molecule has 1 N–H and O–H groups in total. The maximum absolute atomic E-state index is 12.0. The molecule has 0 aromatic rings. The smallest absolute Gasteiger partial charge is 0.249 e. The number of carbonyl (C=O) groups excluding carboxylic acids is 1. The van der Waals surface area contributed by atoms with Crippen LogP contribution in [0.3, 0.4) is 0 Å². The summed E-state index contributed by atoms with van der Waals surface area (Å²) in [7, 11) is 0. The minimum atomic E-state index is 0.256. The van der Waals surface area contributed by atoms with Gasteiger partial charge < -0.3 is 10.2 Å². The Balaban J connectivity index is 2.05. The number of amides is 1. The van der Waals surface area contributed by atoms with Crippen LogP contribution >= 0.6 is 0 Å². The van der Waals surface area contributed by atoms with Gasteiger partial charge in [0.15, 0.2) is 0 Å². The Morgan fingerprint density at radius 1 is 1.50 bits per heavy atom. The molecule has 0 aromatic heterocycles. The fourth-order valence-corrected chi connectivity index (χ4v) is 1.84. The fourth-order valence-electron chi connectivity index (χ4n) is 1.84. The number of hydrogen-bond acceptors (Lipinski definition) is 2. The lowest BCUT2D eigenvalue weighted by atomic mass is 10.0. The molecule has 2 fully saturated rings. The third kappa shape index (κ3) is 1.69. The van der Waals surface area contributed by atoms with Gasteiger partial charge in [0.25, 0.3) is 0 Å². The first kappa shape index (κ1) is 9.71. The van der Waals surface area contributed by atoms with Gasteiger partial charge in [-0.2, -0.15) is 0 Å². The third-order valence-corrected chi connectivity index (χ3v) is 3.12. The average molecular weight is 194 g/mol. The van der Waals surface area contributed by atoms with E-state index >= 15 is 0 Å². The molecule has 0 aromatic carbocycles. The Kier molecular flexibility index (Phi) is 2.59. The van der Waals surface area contributed by atoms with Crippen molar-refractivity contribution in [3.63, 3.8) is 0 Å². The van der Waals surface area contributed by atoms with E-state index in [4.69, 9.17) is 0 Å². The SMILES string of the molecule is CCN(C(=O)C(C)=C1CNC1)C1CC1. The molecule has 0 bridgehead atoms. The van der Waals surface area contributed by atoms with Crippen LogP contribution in [0.25, 0.3) is 0 Å². The first-order valence-electron chi connectivity index (χ1n) is 5.44. The van der Waals surface area contributed by atoms with E-state index in [1.165, 1.54) is 18.4 Å². The molecular weight excluding hydrogens is 176 g/mol. The molecule has 1 aliphatic carbocycles. The van der Waals surface area contributed by atoms with Gasteiger partial charge in [0.1, 0.15) is 0 Å². The van der Waals surface area contributed by atoms with Crippen molar-refractivity contribution in [2.24, 2.45) is 0 Å². The molecule has 0 unspecified atom stereocenters. The van der Waals surface area contributed by atoms with E-state index < -0.39 is 0 Å². The summed E-state index contributed by atoms with van der Waals surface area (Å²) in [4.78, 5) is 14.0. The lowest BCUT2D eigenvalue weighted by molar-refractivity contribution is -0.127. The molecule has 3 nitrogen and oxygen atoms in total. The predicted molar refractivity (Wildman–Crippen MR) is 56.0 cm³/mol. The van der Waals surface area contributed by atoms with Gasteiger partial charge in [0.2, 0.25) is 5.91 Å². The van der Waals surface area contributed by atoms with Crippen molar-refractivity contribution in [2.45, 2.75) is 32.7 Å². The van der Waals surface area contributed by atoms with Gasteiger partial charge in [-0.25, -0.2) is 0 Å². The van der Waals surface area contributed by atoms with Crippen molar-refractivity contribution in [3.8, 4) is 0 Å². The molecule has 0 radical (unpaired) electrons. The van der Waals surface area contributed by atoms with Gasteiger partial charge in [-0.15, -0.1) is 0 Å². The molecule has 0 atom stereocenters. The normalized spacial score (nSPS) is 20.3. The molecular formula is C11H18N2O. The molecule has 3 heteroatoms. The highest BCUT2D eigenvalue weighted by atomic mass is 16.2. The van der Waals surface area contributed by atoms with Crippen LogP contribution in [0.1, 0.15) is 26.7 Å². The highest BCUT2D eigenvalue weighted by Gasteiger charge is 2.32. The summed E-state index contributed by atoms with van der Waals surface area (Å²) < 4.78 is 0. The van der Waals surface area contributed by atoms with Gasteiger partial charge in [-0.3, -0.25) is 4.79 Å². The minimum absolute atomic E-state index is 0.256. The van der Waals surface area contributed by atoms with E-state index in [2.05, 4.69) is 12.2 Å². The average Bonchev–Trinajstić information content (AvgIpc) is 2.86.